The molecule has 1 N–H and O–H groups in total. The molecule has 0 saturated carbocycles. The number of ether oxygens (including phenoxy) is 1. The normalized spacial score (nSPS) is 13.0. The van der Waals surface area contributed by atoms with E-state index in [1.165, 1.54) is 6.07 Å². The second-order valence-corrected chi connectivity index (χ2v) is 6.90. The van der Waals surface area contributed by atoms with Crippen molar-refractivity contribution in [2.75, 3.05) is 20.2 Å². The van der Waals surface area contributed by atoms with Crippen molar-refractivity contribution in [2.24, 2.45) is 0 Å². The molecule has 0 spiro atoms. The molecule has 1 aliphatic heterocycles. The Bertz CT molecular complexity index is 981. The molecular weight excluding hydrogens is 390 g/mol. The molecule has 30 heavy (non-hydrogen) atoms. The molecule has 2 amide bonds. The first kappa shape index (κ1) is 21.0. The molecule has 2 aromatic carbocycles. The van der Waals surface area contributed by atoms with Crippen LogP contribution in [0.15, 0.2) is 42.5 Å². The third kappa shape index (κ3) is 4.80. The van der Waals surface area contributed by atoms with Crippen LogP contribution in [0, 0.1) is 10.1 Å². The molecule has 9 heteroatoms. The Hall–Kier alpha value is -3.75. The van der Waals surface area contributed by atoms with Gasteiger partial charge in [0, 0.05) is 42.9 Å². The molecule has 0 radical (unpaired) electrons. The van der Waals surface area contributed by atoms with E-state index in [2.05, 4.69) is 10.1 Å². The zero-order valence-corrected chi connectivity index (χ0v) is 16.4. The third-order valence-electron chi connectivity index (χ3n) is 4.86. The maximum absolute atomic E-state index is 12.5. The lowest BCUT2D eigenvalue weighted by Crippen LogP contribution is -2.27. The highest BCUT2D eigenvalue weighted by Crippen LogP contribution is 2.19. The largest absolute Gasteiger partial charge is 0.465 e. The van der Waals surface area contributed by atoms with Gasteiger partial charge in [-0.25, -0.2) is 4.79 Å². The van der Waals surface area contributed by atoms with E-state index in [0.29, 0.717) is 5.56 Å². The zero-order chi connectivity index (χ0) is 21.7. The van der Waals surface area contributed by atoms with Crippen molar-refractivity contribution in [1.29, 1.82) is 0 Å². The Morgan fingerprint density at radius 1 is 1.03 bits per heavy atom. The van der Waals surface area contributed by atoms with Crippen molar-refractivity contribution in [3.63, 3.8) is 0 Å². The van der Waals surface area contributed by atoms with Crippen LogP contribution in [0.5, 0.6) is 0 Å². The minimum Gasteiger partial charge on any atom is -0.465 e. The van der Waals surface area contributed by atoms with E-state index in [4.69, 9.17) is 0 Å². The van der Waals surface area contributed by atoms with Gasteiger partial charge >= 0.3 is 5.97 Å². The molecule has 0 atom stereocenters. The summed E-state index contributed by atoms with van der Waals surface area (Å²) in [5.41, 5.74) is 0.869. The van der Waals surface area contributed by atoms with Crippen molar-refractivity contribution in [3.8, 4) is 0 Å². The van der Waals surface area contributed by atoms with Gasteiger partial charge in [-0.1, -0.05) is 12.1 Å². The first-order valence-corrected chi connectivity index (χ1v) is 9.43. The molecule has 0 bridgehead atoms. The van der Waals surface area contributed by atoms with Crippen molar-refractivity contribution in [3.05, 3.63) is 74.8 Å². The molecular formula is C21H21N3O6. The van der Waals surface area contributed by atoms with Crippen molar-refractivity contribution in [1.82, 2.24) is 10.2 Å². The average molecular weight is 411 g/mol. The topological polar surface area (TPSA) is 119 Å². The SMILES string of the molecule is COC(=O)c1cc(C(=O)NCc2ccc(C(=O)N3CCCC3)cc2)cc([N+](=O)[O-])c1. The van der Waals surface area contributed by atoms with Gasteiger partial charge in [0.15, 0.2) is 0 Å². The van der Waals surface area contributed by atoms with Gasteiger partial charge < -0.3 is 15.0 Å². The van der Waals surface area contributed by atoms with E-state index < -0.39 is 16.8 Å². The first-order valence-electron chi connectivity index (χ1n) is 9.43. The van der Waals surface area contributed by atoms with Crippen LogP contribution in [0.2, 0.25) is 0 Å². The minimum atomic E-state index is -0.772. The summed E-state index contributed by atoms with van der Waals surface area (Å²) in [5, 5.41) is 13.8. The smallest absolute Gasteiger partial charge is 0.338 e. The minimum absolute atomic E-state index is 0.00461. The standard InChI is InChI=1S/C21H21N3O6/c1-30-21(27)17-10-16(11-18(12-17)24(28)29)19(25)22-13-14-4-6-15(7-5-14)20(26)23-8-2-3-9-23/h4-7,10-12H,2-3,8-9,13H2,1H3,(H,22,25). The van der Waals surface area contributed by atoms with Crippen molar-refractivity contribution in [2.45, 2.75) is 19.4 Å². The Labute approximate surface area is 172 Å². The molecule has 1 fully saturated rings. The number of nitro benzene ring substituents is 1. The summed E-state index contributed by atoms with van der Waals surface area (Å²) in [7, 11) is 1.15. The Morgan fingerprint density at radius 3 is 2.27 bits per heavy atom. The van der Waals surface area contributed by atoms with Gasteiger partial charge in [0.25, 0.3) is 17.5 Å². The van der Waals surface area contributed by atoms with Crippen LogP contribution in [-0.4, -0.2) is 47.8 Å². The number of non-ortho nitro benzene ring substituents is 1. The number of rotatable bonds is 6. The number of nitro groups is 1. The van der Waals surface area contributed by atoms with Crippen LogP contribution in [0.1, 0.15) is 49.5 Å². The van der Waals surface area contributed by atoms with E-state index in [0.717, 1.165) is 50.7 Å². The van der Waals surface area contributed by atoms with E-state index in [9.17, 15) is 24.5 Å². The molecule has 1 saturated heterocycles. The Kier molecular flexibility index (Phi) is 6.41. The molecule has 156 valence electrons. The Balaban J connectivity index is 1.67. The highest BCUT2D eigenvalue weighted by Gasteiger charge is 2.20. The summed E-state index contributed by atoms with van der Waals surface area (Å²) in [6, 6.07) is 10.3. The summed E-state index contributed by atoms with van der Waals surface area (Å²) >= 11 is 0. The molecule has 0 aliphatic carbocycles. The maximum Gasteiger partial charge on any atom is 0.338 e. The van der Waals surface area contributed by atoms with Gasteiger partial charge in [-0.2, -0.15) is 0 Å². The van der Waals surface area contributed by atoms with E-state index in [1.807, 2.05) is 4.90 Å². The number of carbonyl (C=O) groups is 3. The number of hydrogen-bond donors (Lipinski definition) is 1. The second-order valence-electron chi connectivity index (χ2n) is 6.90. The number of nitrogens with one attached hydrogen (secondary N) is 1. The lowest BCUT2D eigenvalue weighted by atomic mass is 10.1. The van der Waals surface area contributed by atoms with E-state index in [1.54, 1.807) is 24.3 Å². The number of amides is 2. The highest BCUT2D eigenvalue weighted by atomic mass is 16.6. The quantitative estimate of drug-likeness (QED) is 0.443. The second kappa shape index (κ2) is 9.17. The monoisotopic (exact) mass is 411 g/mol. The summed E-state index contributed by atoms with van der Waals surface area (Å²) in [4.78, 5) is 48.8. The van der Waals surface area contributed by atoms with Gasteiger partial charge in [0.2, 0.25) is 0 Å². The number of methoxy groups -OCH3 is 1. The zero-order valence-electron chi connectivity index (χ0n) is 16.4. The van der Waals surface area contributed by atoms with Crippen molar-refractivity contribution < 1.29 is 24.0 Å². The summed E-state index contributed by atoms with van der Waals surface area (Å²) in [6.45, 7) is 1.70. The molecule has 1 aliphatic rings. The summed E-state index contributed by atoms with van der Waals surface area (Å²) in [6.07, 6.45) is 2.04. The Morgan fingerprint density at radius 2 is 1.67 bits per heavy atom. The van der Waals surface area contributed by atoms with E-state index in [-0.39, 0.29) is 29.3 Å². The number of carbonyl (C=O) groups excluding carboxylic acids is 3. The van der Waals surface area contributed by atoms with Crippen LogP contribution >= 0.6 is 0 Å². The maximum atomic E-state index is 12.5. The van der Waals surface area contributed by atoms with Crippen molar-refractivity contribution >= 4 is 23.5 Å². The first-order chi connectivity index (χ1) is 14.4. The van der Waals surface area contributed by atoms with Crippen LogP contribution in [0.4, 0.5) is 5.69 Å². The molecule has 1 heterocycles. The van der Waals surface area contributed by atoms with Gasteiger partial charge in [-0.05, 0) is 36.6 Å². The lowest BCUT2D eigenvalue weighted by molar-refractivity contribution is -0.384. The van der Waals surface area contributed by atoms with Crippen LogP contribution < -0.4 is 5.32 Å². The highest BCUT2D eigenvalue weighted by molar-refractivity contribution is 5.99. The van der Waals surface area contributed by atoms with Gasteiger partial charge in [0.1, 0.15) is 0 Å². The molecule has 0 unspecified atom stereocenters. The lowest BCUT2D eigenvalue weighted by Gasteiger charge is -2.15. The van der Waals surface area contributed by atoms with Gasteiger partial charge in [-0.15, -0.1) is 0 Å². The third-order valence-corrected chi connectivity index (χ3v) is 4.86. The number of hydrogen-bond acceptors (Lipinski definition) is 6. The fourth-order valence-corrected chi connectivity index (χ4v) is 3.24. The number of benzene rings is 2. The fourth-order valence-electron chi connectivity index (χ4n) is 3.24. The van der Waals surface area contributed by atoms with Gasteiger partial charge in [0.05, 0.1) is 17.6 Å². The number of likely N-dealkylation sites (tertiary alicyclic amines) is 1. The summed E-state index contributed by atoms with van der Waals surface area (Å²) in [5.74, 6) is -1.35. The predicted molar refractivity (Wildman–Crippen MR) is 107 cm³/mol. The molecule has 0 aromatic heterocycles. The van der Waals surface area contributed by atoms with Crippen LogP contribution in [-0.2, 0) is 11.3 Å². The van der Waals surface area contributed by atoms with Gasteiger partial charge in [-0.3, -0.25) is 19.7 Å². The molecule has 2 aromatic rings. The number of esters is 1. The fraction of sp³-hybridized carbons (Fsp3) is 0.286. The van der Waals surface area contributed by atoms with Crippen LogP contribution in [0.3, 0.4) is 0 Å². The van der Waals surface area contributed by atoms with Crippen LogP contribution in [0.25, 0.3) is 0 Å². The predicted octanol–water partition coefficient (Wildman–Crippen LogP) is 2.55. The average Bonchev–Trinajstić information content (AvgIpc) is 3.31. The molecule has 9 nitrogen and oxygen atoms in total. The molecule has 3 rings (SSSR count). The summed E-state index contributed by atoms with van der Waals surface area (Å²) < 4.78 is 4.58. The van der Waals surface area contributed by atoms with E-state index >= 15 is 0 Å². The number of nitrogens with zero attached hydrogens (tertiary/aromatic N) is 2.